The SMILES string of the molecule is COc1cc(C(C)(F)F)nc(N2CC3(CC3)c3cnc(NC(C)=O)cc32)n1. The van der Waals surface area contributed by atoms with Crippen LogP contribution in [0.25, 0.3) is 0 Å². The van der Waals surface area contributed by atoms with Gasteiger partial charge in [-0.3, -0.25) is 4.79 Å². The largest absolute Gasteiger partial charge is 0.481 e. The Labute approximate surface area is 154 Å². The van der Waals surface area contributed by atoms with Crippen molar-refractivity contribution in [2.45, 2.75) is 38.0 Å². The molecule has 7 nitrogen and oxygen atoms in total. The average Bonchev–Trinajstić information content (AvgIpc) is 3.31. The number of alkyl halides is 2. The number of ether oxygens (including phenoxy) is 1. The van der Waals surface area contributed by atoms with Gasteiger partial charge in [0, 0.05) is 49.7 Å². The molecule has 2 aromatic heterocycles. The van der Waals surface area contributed by atoms with Crippen LogP contribution >= 0.6 is 0 Å². The lowest BCUT2D eigenvalue weighted by Gasteiger charge is -2.20. The molecule has 1 amide bonds. The number of aromatic nitrogens is 3. The van der Waals surface area contributed by atoms with Gasteiger partial charge in [-0.1, -0.05) is 0 Å². The van der Waals surface area contributed by atoms with Crippen molar-refractivity contribution in [1.29, 1.82) is 0 Å². The molecule has 0 saturated heterocycles. The maximum atomic E-state index is 13.9. The summed E-state index contributed by atoms with van der Waals surface area (Å²) in [7, 11) is 1.38. The Balaban J connectivity index is 1.81. The lowest BCUT2D eigenvalue weighted by atomic mass is 10.0. The van der Waals surface area contributed by atoms with E-state index in [0.29, 0.717) is 12.4 Å². The predicted molar refractivity (Wildman–Crippen MR) is 94.6 cm³/mol. The van der Waals surface area contributed by atoms with Crippen LogP contribution in [0.15, 0.2) is 18.3 Å². The molecule has 0 aromatic carbocycles. The third-order valence-corrected chi connectivity index (χ3v) is 4.95. The molecule has 0 unspecified atom stereocenters. The van der Waals surface area contributed by atoms with Crippen LogP contribution < -0.4 is 15.0 Å². The number of carbonyl (C=O) groups is 1. The van der Waals surface area contributed by atoms with Gasteiger partial charge in [0.15, 0.2) is 0 Å². The summed E-state index contributed by atoms with van der Waals surface area (Å²) in [4.78, 5) is 25.8. The Morgan fingerprint density at radius 2 is 2.07 bits per heavy atom. The number of carbonyl (C=O) groups excluding carboxylic acids is 1. The van der Waals surface area contributed by atoms with Crippen LogP contribution in [-0.2, 0) is 16.1 Å². The zero-order valence-electron chi connectivity index (χ0n) is 15.2. The van der Waals surface area contributed by atoms with Crippen molar-refractivity contribution in [2.24, 2.45) is 0 Å². The van der Waals surface area contributed by atoms with Gasteiger partial charge in [0.1, 0.15) is 11.5 Å². The van der Waals surface area contributed by atoms with Crippen molar-refractivity contribution in [1.82, 2.24) is 15.0 Å². The molecular formula is C18H19F2N5O2. The van der Waals surface area contributed by atoms with E-state index in [1.165, 1.54) is 14.0 Å². The van der Waals surface area contributed by atoms with Gasteiger partial charge in [-0.25, -0.2) is 9.97 Å². The van der Waals surface area contributed by atoms with Gasteiger partial charge in [-0.05, 0) is 12.8 Å². The van der Waals surface area contributed by atoms with Gasteiger partial charge in [0.25, 0.3) is 5.92 Å². The molecule has 4 rings (SSSR count). The molecule has 0 atom stereocenters. The Kier molecular flexibility index (Phi) is 3.79. The van der Waals surface area contributed by atoms with Crippen LogP contribution in [0.3, 0.4) is 0 Å². The molecule has 1 fully saturated rings. The number of hydrogen-bond acceptors (Lipinski definition) is 6. The van der Waals surface area contributed by atoms with E-state index in [0.717, 1.165) is 37.1 Å². The molecule has 142 valence electrons. The topological polar surface area (TPSA) is 80.2 Å². The maximum Gasteiger partial charge on any atom is 0.287 e. The number of methoxy groups -OCH3 is 1. The fraction of sp³-hybridized carbons (Fsp3) is 0.444. The Bertz CT molecular complexity index is 924. The lowest BCUT2D eigenvalue weighted by Crippen LogP contribution is -2.23. The second-order valence-electron chi connectivity index (χ2n) is 7.12. The number of hydrogen-bond donors (Lipinski definition) is 1. The Morgan fingerprint density at radius 3 is 2.67 bits per heavy atom. The number of nitrogens with zero attached hydrogens (tertiary/aromatic N) is 4. The summed E-state index contributed by atoms with van der Waals surface area (Å²) in [5.74, 6) is -2.74. The molecule has 2 aromatic rings. The Hall–Kier alpha value is -2.84. The van der Waals surface area contributed by atoms with Crippen molar-refractivity contribution in [3.8, 4) is 5.88 Å². The molecular weight excluding hydrogens is 356 g/mol. The van der Waals surface area contributed by atoms with Crippen molar-refractivity contribution >= 4 is 23.4 Å². The zero-order valence-corrected chi connectivity index (χ0v) is 15.2. The highest BCUT2D eigenvalue weighted by atomic mass is 19.3. The van der Waals surface area contributed by atoms with E-state index in [4.69, 9.17) is 4.74 Å². The minimum Gasteiger partial charge on any atom is -0.481 e. The first-order chi connectivity index (χ1) is 12.7. The van der Waals surface area contributed by atoms with Crippen molar-refractivity contribution < 1.29 is 18.3 Å². The summed E-state index contributed by atoms with van der Waals surface area (Å²) in [5.41, 5.74) is 1.33. The molecule has 1 saturated carbocycles. The minimum atomic E-state index is -3.12. The quantitative estimate of drug-likeness (QED) is 0.884. The number of amides is 1. The molecule has 27 heavy (non-hydrogen) atoms. The lowest BCUT2D eigenvalue weighted by molar-refractivity contribution is -0.114. The number of pyridine rings is 1. The maximum absolute atomic E-state index is 13.9. The monoisotopic (exact) mass is 375 g/mol. The normalized spacial score (nSPS) is 17.0. The van der Waals surface area contributed by atoms with Crippen LogP contribution in [-0.4, -0.2) is 34.5 Å². The fourth-order valence-corrected chi connectivity index (χ4v) is 3.42. The molecule has 2 aliphatic rings. The summed E-state index contributed by atoms with van der Waals surface area (Å²) < 4.78 is 32.9. The summed E-state index contributed by atoms with van der Waals surface area (Å²) in [6.45, 7) is 2.77. The van der Waals surface area contributed by atoms with E-state index >= 15 is 0 Å². The van der Waals surface area contributed by atoms with E-state index in [2.05, 4.69) is 20.3 Å². The van der Waals surface area contributed by atoms with E-state index in [1.807, 2.05) is 0 Å². The third kappa shape index (κ3) is 3.07. The van der Waals surface area contributed by atoms with Gasteiger partial charge in [-0.2, -0.15) is 13.8 Å². The van der Waals surface area contributed by atoms with Gasteiger partial charge in [0.2, 0.25) is 17.7 Å². The summed E-state index contributed by atoms with van der Waals surface area (Å²) >= 11 is 0. The first-order valence-corrected chi connectivity index (χ1v) is 8.59. The smallest absolute Gasteiger partial charge is 0.287 e. The van der Waals surface area contributed by atoms with E-state index in [-0.39, 0.29) is 23.2 Å². The molecule has 1 N–H and O–H groups in total. The molecule has 9 heteroatoms. The van der Waals surface area contributed by atoms with Crippen molar-refractivity contribution in [3.63, 3.8) is 0 Å². The number of fused-ring (bicyclic) bond motifs is 2. The highest BCUT2D eigenvalue weighted by Crippen LogP contribution is 2.57. The van der Waals surface area contributed by atoms with E-state index < -0.39 is 11.6 Å². The second-order valence-corrected chi connectivity index (χ2v) is 7.12. The van der Waals surface area contributed by atoms with Gasteiger partial charge < -0.3 is 15.0 Å². The van der Waals surface area contributed by atoms with E-state index in [1.54, 1.807) is 17.2 Å². The predicted octanol–water partition coefficient (Wildman–Crippen LogP) is 3.13. The molecule has 0 radical (unpaired) electrons. The molecule has 0 bridgehead atoms. The van der Waals surface area contributed by atoms with Gasteiger partial charge >= 0.3 is 0 Å². The summed E-state index contributed by atoms with van der Waals surface area (Å²) in [6.07, 6.45) is 3.71. The van der Waals surface area contributed by atoms with Crippen LogP contribution in [0.2, 0.25) is 0 Å². The van der Waals surface area contributed by atoms with Crippen LogP contribution in [0, 0.1) is 0 Å². The Morgan fingerprint density at radius 1 is 1.33 bits per heavy atom. The number of halogens is 2. The highest BCUT2D eigenvalue weighted by molar-refractivity contribution is 5.88. The average molecular weight is 375 g/mol. The van der Waals surface area contributed by atoms with Crippen LogP contribution in [0.1, 0.15) is 37.9 Å². The molecule has 1 aliphatic heterocycles. The number of anilines is 3. The summed E-state index contributed by atoms with van der Waals surface area (Å²) in [5, 5.41) is 2.65. The van der Waals surface area contributed by atoms with Crippen LogP contribution in [0.4, 0.5) is 26.2 Å². The fourth-order valence-electron chi connectivity index (χ4n) is 3.42. The van der Waals surface area contributed by atoms with Crippen LogP contribution in [0.5, 0.6) is 5.88 Å². The molecule has 3 heterocycles. The highest BCUT2D eigenvalue weighted by Gasteiger charge is 2.53. The summed E-state index contributed by atoms with van der Waals surface area (Å²) in [6, 6.07) is 2.87. The van der Waals surface area contributed by atoms with E-state index in [9.17, 15) is 13.6 Å². The molecule has 1 aliphatic carbocycles. The first kappa shape index (κ1) is 17.6. The minimum absolute atomic E-state index is 0.0571. The van der Waals surface area contributed by atoms with Gasteiger partial charge in [-0.15, -0.1) is 0 Å². The second kappa shape index (κ2) is 5.83. The van der Waals surface area contributed by atoms with Crippen molar-refractivity contribution in [2.75, 3.05) is 23.9 Å². The third-order valence-electron chi connectivity index (χ3n) is 4.95. The first-order valence-electron chi connectivity index (χ1n) is 8.59. The number of rotatable bonds is 4. The molecule has 1 spiro atoms. The standard InChI is InChI=1S/C18H19F2N5O2/c1-10(26)22-14-6-12-11(8-21-14)18(4-5-18)9-25(12)16-23-13(17(2,19)20)7-15(24-16)27-3/h6-8H,4-5,9H2,1-3H3,(H,21,22,26). The van der Waals surface area contributed by atoms with Crippen molar-refractivity contribution in [3.05, 3.63) is 29.6 Å². The number of nitrogens with one attached hydrogen (secondary N) is 1. The zero-order chi connectivity index (χ0) is 19.4. The van der Waals surface area contributed by atoms with Gasteiger partial charge in [0.05, 0.1) is 12.8 Å².